The van der Waals surface area contributed by atoms with E-state index in [0.717, 1.165) is 0 Å². The van der Waals surface area contributed by atoms with Crippen molar-refractivity contribution in [2.24, 2.45) is 0 Å². The van der Waals surface area contributed by atoms with E-state index in [9.17, 15) is 0 Å². The lowest BCUT2D eigenvalue weighted by molar-refractivity contribution is 0.0850. The maximum Gasteiger partial charge on any atom is 0.306 e. The Kier molecular flexibility index (Phi) is 1.63. The van der Waals surface area contributed by atoms with E-state index < -0.39 is 12.8 Å². The molecule has 2 aliphatic heterocycles. The highest BCUT2D eigenvalue weighted by Gasteiger charge is 2.48. The van der Waals surface area contributed by atoms with Crippen molar-refractivity contribution >= 4 is 17.8 Å². The first-order valence-electron chi connectivity index (χ1n) is 3.94. The highest BCUT2D eigenvalue weighted by Crippen LogP contribution is 2.31. The third kappa shape index (κ3) is 1.61. The second-order valence-electron chi connectivity index (χ2n) is 2.76. The Morgan fingerprint density at radius 3 is 1.73 bits per heavy atom. The molecular weight excluding hydrogens is 208 g/mol. The van der Waals surface area contributed by atoms with Gasteiger partial charge in [0.25, 0.3) is 0 Å². The molecule has 0 spiro atoms. The van der Waals surface area contributed by atoms with Gasteiger partial charge >= 0.3 is 12.8 Å². The van der Waals surface area contributed by atoms with Gasteiger partial charge in [0.2, 0.25) is 17.8 Å². The fourth-order valence-corrected chi connectivity index (χ4v) is 1.04. The molecule has 10 nitrogen and oxygen atoms in total. The Morgan fingerprint density at radius 2 is 1.33 bits per heavy atom. The first-order valence-corrected chi connectivity index (χ1v) is 3.94. The summed E-state index contributed by atoms with van der Waals surface area (Å²) >= 11 is 0. The van der Waals surface area contributed by atoms with Crippen LogP contribution in [-0.4, -0.2) is 27.8 Å². The van der Waals surface area contributed by atoms with Crippen LogP contribution < -0.4 is 16.4 Å². The Hall–Kier alpha value is -1.75. The average molecular weight is 214 g/mol. The van der Waals surface area contributed by atoms with Crippen molar-refractivity contribution in [2.75, 3.05) is 16.4 Å². The number of anilines is 3. The Labute approximate surface area is 82.6 Å². The first-order chi connectivity index (χ1) is 7.24. The van der Waals surface area contributed by atoms with Crippen molar-refractivity contribution in [3.8, 4) is 0 Å². The normalized spacial score (nSPS) is 20.3. The molecule has 1 aromatic heterocycles. The zero-order chi connectivity index (χ0) is 10.4. The second-order valence-corrected chi connectivity index (χ2v) is 2.76. The molecule has 0 amide bonds. The van der Waals surface area contributed by atoms with E-state index in [1.165, 1.54) is 4.90 Å². The zero-order valence-corrected chi connectivity index (χ0v) is 7.23. The van der Waals surface area contributed by atoms with E-state index in [-0.39, 0.29) is 17.8 Å². The lowest BCUT2D eigenvalue weighted by atomic mass is 10.7. The molecule has 0 atom stereocenters. The first kappa shape index (κ1) is 8.55. The van der Waals surface area contributed by atoms with E-state index in [1.54, 1.807) is 0 Å². The van der Waals surface area contributed by atoms with Crippen molar-refractivity contribution in [3.05, 3.63) is 0 Å². The van der Waals surface area contributed by atoms with Crippen LogP contribution in [0.2, 0.25) is 0 Å². The molecule has 10 heteroatoms. The van der Waals surface area contributed by atoms with E-state index in [2.05, 4.69) is 34.5 Å². The van der Waals surface area contributed by atoms with Crippen LogP contribution in [0.15, 0.2) is 0 Å². The molecule has 0 unspecified atom stereocenters. The Bertz CT molecular complexity index is 361. The van der Waals surface area contributed by atoms with Crippen molar-refractivity contribution in [2.45, 2.75) is 12.8 Å². The van der Waals surface area contributed by atoms with Gasteiger partial charge < -0.3 is 11.5 Å². The number of nitrogen functional groups attached to an aromatic ring is 2. The van der Waals surface area contributed by atoms with Gasteiger partial charge in [-0.3, -0.25) is 0 Å². The van der Waals surface area contributed by atoms with Crippen LogP contribution in [-0.2, 0) is 19.6 Å². The second kappa shape index (κ2) is 2.87. The van der Waals surface area contributed by atoms with Gasteiger partial charge in [-0.05, 0) is 0 Å². The van der Waals surface area contributed by atoms with Crippen LogP contribution in [0, 0.1) is 0 Å². The average Bonchev–Trinajstić information content (AvgIpc) is 2.95. The third-order valence-corrected chi connectivity index (χ3v) is 1.71. The Balaban J connectivity index is 1.94. The number of rotatable bonds is 3. The summed E-state index contributed by atoms with van der Waals surface area (Å²) in [4.78, 5) is 31.0. The van der Waals surface area contributed by atoms with E-state index >= 15 is 0 Å². The fourth-order valence-electron chi connectivity index (χ4n) is 1.04. The minimum atomic E-state index is -0.654. The van der Waals surface area contributed by atoms with Crippen LogP contribution in [0.1, 0.15) is 0 Å². The molecule has 15 heavy (non-hydrogen) atoms. The van der Waals surface area contributed by atoms with Gasteiger partial charge in [0.05, 0.1) is 0 Å². The van der Waals surface area contributed by atoms with Crippen molar-refractivity contribution in [1.29, 1.82) is 0 Å². The maximum absolute atomic E-state index is 5.41. The summed E-state index contributed by atoms with van der Waals surface area (Å²) in [5, 5.41) is 0. The fraction of sp³-hybridized carbons (Fsp3) is 0.400. The van der Waals surface area contributed by atoms with Crippen LogP contribution in [0.25, 0.3) is 0 Å². The summed E-state index contributed by atoms with van der Waals surface area (Å²) in [6.45, 7) is 0. The molecule has 3 heterocycles. The molecule has 4 N–H and O–H groups in total. The molecule has 0 saturated carbocycles. The minimum absolute atomic E-state index is 0.0104. The molecule has 0 aromatic carbocycles. The minimum Gasteiger partial charge on any atom is -0.368 e. The molecule has 80 valence electrons. The monoisotopic (exact) mass is 214 g/mol. The standard InChI is InChI=1S/C5H6N6O4/c6-1-8-2(7)10-3(9-1)11(4-12-13-4)5-14-15-5/h4-5H,(H4,6,7,8,9,10). The molecule has 2 fully saturated rings. The quantitative estimate of drug-likeness (QED) is 0.442. The van der Waals surface area contributed by atoms with Gasteiger partial charge in [0.1, 0.15) is 0 Å². The summed E-state index contributed by atoms with van der Waals surface area (Å²) in [7, 11) is 0. The van der Waals surface area contributed by atoms with Crippen molar-refractivity contribution in [3.63, 3.8) is 0 Å². The van der Waals surface area contributed by atoms with Crippen LogP contribution in [0.4, 0.5) is 17.8 Å². The lowest BCUT2D eigenvalue weighted by Gasteiger charge is -2.12. The van der Waals surface area contributed by atoms with E-state index in [1.807, 2.05) is 0 Å². The molecule has 2 aliphatic rings. The van der Waals surface area contributed by atoms with Crippen LogP contribution >= 0.6 is 0 Å². The molecule has 1 aromatic rings. The van der Waals surface area contributed by atoms with Crippen molar-refractivity contribution in [1.82, 2.24) is 15.0 Å². The largest absolute Gasteiger partial charge is 0.368 e. The van der Waals surface area contributed by atoms with Gasteiger partial charge in [0.15, 0.2) is 0 Å². The molecule has 0 bridgehead atoms. The maximum atomic E-state index is 5.41. The van der Waals surface area contributed by atoms with Gasteiger partial charge in [-0.2, -0.15) is 34.5 Å². The number of hydrogen-bond acceptors (Lipinski definition) is 10. The van der Waals surface area contributed by atoms with E-state index in [0.29, 0.717) is 0 Å². The van der Waals surface area contributed by atoms with Crippen LogP contribution in [0.3, 0.4) is 0 Å². The molecule has 3 rings (SSSR count). The number of hydrogen-bond donors (Lipinski definition) is 2. The highest BCUT2D eigenvalue weighted by atomic mass is 17.4. The Morgan fingerprint density at radius 1 is 0.867 bits per heavy atom. The number of nitrogens with zero attached hydrogens (tertiary/aromatic N) is 4. The number of nitrogens with two attached hydrogens (primary N) is 2. The molecule has 2 saturated heterocycles. The summed E-state index contributed by atoms with van der Waals surface area (Å²) in [6, 6.07) is 0. The van der Waals surface area contributed by atoms with Gasteiger partial charge in [-0.25, -0.2) is 4.90 Å². The van der Waals surface area contributed by atoms with Gasteiger partial charge in [0, 0.05) is 0 Å². The zero-order valence-electron chi connectivity index (χ0n) is 7.23. The predicted octanol–water partition coefficient (Wildman–Crippen LogP) is -1.67. The van der Waals surface area contributed by atoms with Gasteiger partial charge in [-0.15, -0.1) is 0 Å². The molecular formula is C5H6N6O4. The SMILES string of the molecule is Nc1nc(N)nc(N(C2OO2)C2OO2)n1. The summed E-state index contributed by atoms with van der Waals surface area (Å²) in [5.74, 6) is 0.137. The predicted molar refractivity (Wildman–Crippen MR) is 43.0 cm³/mol. The summed E-state index contributed by atoms with van der Waals surface area (Å²) < 4.78 is 0. The summed E-state index contributed by atoms with van der Waals surface area (Å²) in [6.07, 6.45) is -1.31. The topological polar surface area (TPSA) is 144 Å². The van der Waals surface area contributed by atoms with Crippen molar-refractivity contribution < 1.29 is 19.6 Å². The number of aromatic nitrogens is 3. The lowest BCUT2D eigenvalue weighted by Crippen LogP contribution is -2.31. The summed E-state index contributed by atoms with van der Waals surface area (Å²) in [5.41, 5.74) is 10.8. The smallest absolute Gasteiger partial charge is 0.306 e. The molecule has 0 aliphatic carbocycles. The van der Waals surface area contributed by atoms with Gasteiger partial charge in [-0.1, -0.05) is 0 Å². The third-order valence-electron chi connectivity index (χ3n) is 1.71. The van der Waals surface area contributed by atoms with Crippen LogP contribution in [0.5, 0.6) is 0 Å². The molecule has 0 radical (unpaired) electrons. The van der Waals surface area contributed by atoms with E-state index in [4.69, 9.17) is 11.5 Å². The highest BCUT2D eigenvalue weighted by molar-refractivity contribution is 5.40.